The lowest BCUT2D eigenvalue weighted by molar-refractivity contribution is 0.317. The average Bonchev–Trinajstić information content (AvgIpc) is 2.94. The highest BCUT2D eigenvalue weighted by Gasteiger charge is 2.05. The largest absolute Gasteiger partial charge is 0.493 e. The summed E-state index contributed by atoms with van der Waals surface area (Å²) in [6.45, 7) is 9.21. The first kappa shape index (κ1) is 16.1. The van der Waals surface area contributed by atoms with Crippen molar-refractivity contribution in [1.82, 2.24) is 5.32 Å². The minimum Gasteiger partial charge on any atom is -0.493 e. The maximum absolute atomic E-state index is 5.99. The van der Waals surface area contributed by atoms with Gasteiger partial charge in [0, 0.05) is 18.5 Å². The monoisotopic (exact) mass is 303 g/mol. The lowest BCUT2D eigenvalue weighted by Crippen LogP contribution is -2.19. The van der Waals surface area contributed by atoms with Crippen LogP contribution in [-0.4, -0.2) is 13.2 Å². The molecule has 0 amide bonds. The number of nitrogens with one attached hydrogen (secondary N) is 1. The molecule has 1 aromatic carbocycles. The van der Waals surface area contributed by atoms with Crippen LogP contribution in [0.5, 0.6) is 5.75 Å². The third-order valence-electron chi connectivity index (χ3n) is 3.31. The van der Waals surface area contributed by atoms with Crippen molar-refractivity contribution in [3.8, 4) is 5.75 Å². The van der Waals surface area contributed by atoms with E-state index in [2.05, 4.69) is 61.1 Å². The normalized spacial score (nSPS) is 11.0. The van der Waals surface area contributed by atoms with Gasteiger partial charge in [-0.2, -0.15) is 11.3 Å². The molecule has 1 heterocycles. The number of rotatable bonds is 8. The molecule has 0 aliphatic carbocycles. The molecule has 0 aliphatic rings. The van der Waals surface area contributed by atoms with Crippen LogP contribution in [0.25, 0.3) is 0 Å². The SMILES string of the molecule is Cc1ccc(OCCc2ccsc2)c(CNCC(C)C)c1. The Morgan fingerprint density at radius 1 is 1.24 bits per heavy atom. The van der Waals surface area contributed by atoms with Gasteiger partial charge < -0.3 is 10.1 Å². The van der Waals surface area contributed by atoms with E-state index in [0.29, 0.717) is 5.92 Å². The summed E-state index contributed by atoms with van der Waals surface area (Å²) in [5, 5.41) is 7.79. The molecule has 0 aliphatic heterocycles. The molecule has 0 saturated heterocycles. The van der Waals surface area contributed by atoms with Crippen molar-refractivity contribution in [3.05, 3.63) is 51.7 Å². The highest BCUT2D eigenvalue weighted by atomic mass is 32.1. The molecule has 0 saturated carbocycles. The van der Waals surface area contributed by atoms with Crippen molar-refractivity contribution in [2.45, 2.75) is 33.7 Å². The van der Waals surface area contributed by atoms with Gasteiger partial charge in [-0.15, -0.1) is 0 Å². The summed E-state index contributed by atoms with van der Waals surface area (Å²) in [5.41, 5.74) is 3.88. The Hall–Kier alpha value is -1.32. The molecule has 0 fully saturated rings. The van der Waals surface area contributed by atoms with Gasteiger partial charge in [0.1, 0.15) is 5.75 Å². The van der Waals surface area contributed by atoms with Gasteiger partial charge in [0.15, 0.2) is 0 Å². The summed E-state index contributed by atoms with van der Waals surface area (Å²) in [7, 11) is 0. The number of hydrogen-bond acceptors (Lipinski definition) is 3. The predicted molar refractivity (Wildman–Crippen MR) is 91.2 cm³/mol. The number of ether oxygens (including phenoxy) is 1. The van der Waals surface area contributed by atoms with Crippen LogP contribution in [0, 0.1) is 12.8 Å². The summed E-state index contributed by atoms with van der Waals surface area (Å²) < 4.78 is 5.99. The van der Waals surface area contributed by atoms with E-state index < -0.39 is 0 Å². The van der Waals surface area contributed by atoms with Crippen LogP contribution in [0.1, 0.15) is 30.5 Å². The van der Waals surface area contributed by atoms with Crippen molar-refractivity contribution < 1.29 is 4.74 Å². The Morgan fingerprint density at radius 2 is 2.10 bits per heavy atom. The quantitative estimate of drug-likeness (QED) is 0.779. The minimum absolute atomic E-state index is 0.665. The number of aryl methyl sites for hydroxylation is 1. The van der Waals surface area contributed by atoms with Crippen LogP contribution < -0.4 is 10.1 Å². The van der Waals surface area contributed by atoms with Crippen molar-refractivity contribution in [1.29, 1.82) is 0 Å². The Kier molecular flexibility index (Phi) is 6.27. The zero-order valence-corrected chi connectivity index (χ0v) is 14.0. The molecule has 0 bridgehead atoms. The number of hydrogen-bond donors (Lipinski definition) is 1. The van der Waals surface area contributed by atoms with E-state index in [0.717, 1.165) is 31.9 Å². The summed E-state index contributed by atoms with van der Waals surface area (Å²) >= 11 is 1.74. The Morgan fingerprint density at radius 3 is 2.81 bits per heavy atom. The molecular formula is C18H25NOS. The van der Waals surface area contributed by atoms with Gasteiger partial charge in [0.25, 0.3) is 0 Å². The molecule has 2 rings (SSSR count). The van der Waals surface area contributed by atoms with E-state index in [-0.39, 0.29) is 0 Å². The lowest BCUT2D eigenvalue weighted by Gasteiger charge is -2.14. The highest BCUT2D eigenvalue weighted by Crippen LogP contribution is 2.20. The molecule has 0 atom stereocenters. The van der Waals surface area contributed by atoms with Crippen LogP contribution in [0.2, 0.25) is 0 Å². The Bertz CT molecular complexity index is 534. The molecule has 3 heteroatoms. The zero-order valence-electron chi connectivity index (χ0n) is 13.2. The van der Waals surface area contributed by atoms with Crippen molar-refractivity contribution in [2.75, 3.05) is 13.2 Å². The van der Waals surface area contributed by atoms with Gasteiger partial charge in [-0.05, 0) is 47.8 Å². The van der Waals surface area contributed by atoms with Gasteiger partial charge in [-0.1, -0.05) is 31.5 Å². The molecular weight excluding hydrogens is 278 g/mol. The fraction of sp³-hybridized carbons (Fsp3) is 0.444. The Balaban J connectivity index is 1.90. The summed E-state index contributed by atoms with van der Waals surface area (Å²) in [6, 6.07) is 8.59. The van der Waals surface area contributed by atoms with Crippen LogP contribution in [0.4, 0.5) is 0 Å². The fourth-order valence-electron chi connectivity index (χ4n) is 2.20. The van der Waals surface area contributed by atoms with Crippen molar-refractivity contribution in [2.24, 2.45) is 5.92 Å². The Labute approximate surface area is 132 Å². The van der Waals surface area contributed by atoms with E-state index in [9.17, 15) is 0 Å². The first-order chi connectivity index (χ1) is 10.1. The fourth-order valence-corrected chi connectivity index (χ4v) is 2.90. The summed E-state index contributed by atoms with van der Waals surface area (Å²) in [6.07, 6.45) is 0.968. The molecule has 1 N–H and O–H groups in total. The van der Waals surface area contributed by atoms with E-state index >= 15 is 0 Å². The smallest absolute Gasteiger partial charge is 0.123 e. The average molecular weight is 303 g/mol. The first-order valence-corrected chi connectivity index (χ1v) is 8.53. The number of thiophene rings is 1. The minimum atomic E-state index is 0.665. The van der Waals surface area contributed by atoms with E-state index in [1.54, 1.807) is 11.3 Å². The third kappa shape index (κ3) is 5.52. The van der Waals surface area contributed by atoms with Crippen LogP contribution in [0.15, 0.2) is 35.0 Å². The third-order valence-corrected chi connectivity index (χ3v) is 4.04. The van der Waals surface area contributed by atoms with Gasteiger partial charge in [-0.25, -0.2) is 0 Å². The maximum Gasteiger partial charge on any atom is 0.123 e. The first-order valence-electron chi connectivity index (χ1n) is 7.59. The second-order valence-corrected chi connectivity index (χ2v) is 6.65. The lowest BCUT2D eigenvalue weighted by atomic mass is 10.1. The van der Waals surface area contributed by atoms with Gasteiger partial charge in [0.2, 0.25) is 0 Å². The summed E-state index contributed by atoms with van der Waals surface area (Å²) in [5.74, 6) is 1.67. The molecule has 114 valence electrons. The van der Waals surface area contributed by atoms with E-state index in [1.165, 1.54) is 16.7 Å². The van der Waals surface area contributed by atoms with Crippen LogP contribution in [-0.2, 0) is 13.0 Å². The van der Waals surface area contributed by atoms with Gasteiger partial charge in [0.05, 0.1) is 6.61 Å². The molecule has 0 radical (unpaired) electrons. The second-order valence-electron chi connectivity index (χ2n) is 5.87. The van der Waals surface area contributed by atoms with Crippen molar-refractivity contribution in [3.63, 3.8) is 0 Å². The highest BCUT2D eigenvalue weighted by molar-refractivity contribution is 7.07. The predicted octanol–water partition coefficient (Wildman–Crippen LogP) is 4.42. The molecule has 1 aromatic heterocycles. The number of benzene rings is 1. The van der Waals surface area contributed by atoms with Gasteiger partial charge >= 0.3 is 0 Å². The standard InChI is InChI=1S/C18H25NOS/c1-14(2)11-19-12-17-10-15(3)4-5-18(17)20-8-6-16-7-9-21-13-16/h4-5,7,9-10,13-14,19H,6,8,11-12H2,1-3H3. The van der Waals surface area contributed by atoms with E-state index in [4.69, 9.17) is 4.74 Å². The van der Waals surface area contributed by atoms with Crippen LogP contribution >= 0.6 is 11.3 Å². The van der Waals surface area contributed by atoms with E-state index in [1.807, 2.05) is 0 Å². The molecule has 21 heavy (non-hydrogen) atoms. The molecule has 2 nitrogen and oxygen atoms in total. The molecule has 0 unspecified atom stereocenters. The van der Waals surface area contributed by atoms with Gasteiger partial charge in [-0.3, -0.25) is 0 Å². The zero-order chi connectivity index (χ0) is 15.1. The molecule has 2 aromatic rings. The second kappa shape index (κ2) is 8.20. The van der Waals surface area contributed by atoms with Crippen molar-refractivity contribution >= 4 is 11.3 Å². The molecule has 0 spiro atoms. The van der Waals surface area contributed by atoms with Crippen LogP contribution in [0.3, 0.4) is 0 Å². The maximum atomic E-state index is 5.99. The summed E-state index contributed by atoms with van der Waals surface area (Å²) in [4.78, 5) is 0. The topological polar surface area (TPSA) is 21.3 Å².